The van der Waals surface area contributed by atoms with Crippen molar-refractivity contribution < 1.29 is 167 Å². The van der Waals surface area contributed by atoms with Crippen molar-refractivity contribution in [2.45, 2.75) is 39.2 Å². The summed E-state index contributed by atoms with van der Waals surface area (Å²) >= 11 is 0. The number of fused-ring (bicyclic) bond motifs is 1. The standard InChI is InChI=1S/C10H13NO2.C8H10N4O2.C8H9NO2.C6H8O7.CH2O3.BrH.K.Na/c1-3-13-10-6-4-9(5-7-10)11-8(2)12;1-10-4-9-6-5(10)7(13)12(3)8(14)11(6)2;1-6(10)9-7-2-4-8(11)5-3-7;7-3(8)1-6(13,5(11)12)2-4(9)10;2-1(3)4;;;/h4-7H,3H2,1-2H3,(H,11,12);4H,1-3H3;2-5,11H,1H3,(H,9,10);13H,1-2H2,(H,7,8)(H,9,10)(H,11,12);(H2,2,3,4);1H;;/q;;;;;;2*+1/p-2. The van der Waals surface area contributed by atoms with Crippen LogP contribution in [-0.2, 0) is 45.1 Å². The molecule has 0 fully saturated rings. The topological polar surface area (TPSA) is 342 Å². The van der Waals surface area contributed by atoms with Gasteiger partial charge in [-0.25, -0.2) is 14.6 Å². The van der Waals surface area contributed by atoms with Gasteiger partial charge in [-0.3, -0.25) is 33.1 Å². The zero-order chi connectivity index (χ0) is 42.6. The van der Waals surface area contributed by atoms with Gasteiger partial charge in [-0.2, -0.15) is 0 Å². The van der Waals surface area contributed by atoms with Crippen LogP contribution < -0.4 is 130 Å². The van der Waals surface area contributed by atoms with Crippen LogP contribution in [0.3, 0.4) is 0 Å². The number of carbonyl (C=O) groups is 6. The van der Waals surface area contributed by atoms with Gasteiger partial charge in [0.15, 0.2) is 16.8 Å². The van der Waals surface area contributed by atoms with Gasteiger partial charge in [-0.15, -0.1) is 0 Å². The number of carbonyl (C=O) groups excluding carboxylic acids is 2. The number of aryl methyl sites for hydroxylation is 2. The van der Waals surface area contributed by atoms with Crippen LogP contribution >= 0.6 is 0 Å². The fourth-order valence-electron chi connectivity index (χ4n) is 3.94. The SMILES string of the molecule is CC(=O)Nc1ccc(O)cc1.CCOc1ccc(NC(C)=O)cc1.Cn1c(=O)c2c(ncn2C)n(C)c1=O.O=C(O)CC(O)(CC(=O)O)C(=O)O.O=C([O-])O.[Br-].[K+].[Na+]. The molecule has 0 spiro atoms. The number of hydrogen-bond acceptors (Lipinski definition) is 13. The van der Waals surface area contributed by atoms with E-state index in [0.29, 0.717) is 23.5 Å². The van der Waals surface area contributed by atoms with Crippen molar-refractivity contribution in [3.8, 4) is 11.5 Å². The number of carboxylic acid groups (broad SMARTS) is 5. The number of phenols is 1. The monoisotopic (exact) mass is 918 g/mol. The van der Waals surface area contributed by atoms with Gasteiger partial charge in [-0.05, 0) is 55.5 Å². The summed E-state index contributed by atoms with van der Waals surface area (Å²) in [6.07, 6.45) is -2.85. The minimum absolute atomic E-state index is 0. The van der Waals surface area contributed by atoms with Gasteiger partial charge in [-0.1, -0.05) is 0 Å². The molecular formula is C33H41BrKN6NaO16. The average Bonchev–Trinajstić information content (AvgIpc) is 3.45. The number of imidazole rings is 1. The van der Waals surface area contributed by atoms with E-state index in [1.165, 1.54) is 43.9 Å². The van der Waals surface area contributed by atoms with Gasteiger partial charge in [0, 0.05) is 46.4 Å². The van der Waals surface area contributed by atoms with Crippen LogP contribution in [0.2, 0.25) is 0 Å². The van der Waals surface area contributed by atoms with Crippen LogP contribution in [0.5, 0.6) is 11.5 Å². The van der Waals surface area contributed by atoms with Gasteiger partial charge in [0.25, 0.3) is 5.56 Å². The normalized spacial score (nSPS) is 9.36. The fourth-order valence-corrected chi connectivity index (χ4v) is 3.94. The molecule has 2 aromatic heterocycles. The van der Waals surface area contributed by atoms with Gasteiger partial charge in [0.2, 0.25) is 18.0 Å². The molecule has 58 heavy (non-hydrogen) atoms. The van der Waals surface area contributed by atoms with Crippen molar-refractivity contribution in [2.24, 2.45) is 21.1 Å². The van der Waals surface area contributed by atoms with Crippen molar-refractivity contribution in [2.75, 3.05) is 17.2 Å². The Hall–Kier alpha value is -4.11. The maximum Gasteiger partial charge on any atom is 1.00 e. The minimum Gasteiger partial charge on any atom is -1.00 e. The predicted molar refractivity (Wildman–Crippen MR) is 191 cm³/mol. The molecule has 0 radical (unpaired) electrons. The molecule has 0 saturated carbocycles. The molecule has 4 rings (SSSR count). The van der Waals surface area contributed by atoms with Crippen LogP contribution in [0.4, 0.5) is 16.2 Å². The molecule has 0 unspecified atom stereocenters. The second kappa shape index (κ2) is 30.0. The zero-order valence-electron chi connectivity index (χ0n) is 32.8. The number of carboxylic acids is 3. The van der Waals surface area contributed by atoms with Crippen LogP contribution in [0.15, 0.2) is 64.4 Å². The molecular weight excluding hydrogens is 878 g/mol. The molecule has 0 bridgehead atoms. The largest absolute Gasteiger partial charge is 1.00 e. The van der Waals surface area contributed by atoms with Gasteiger partial charge >= 0.3 is 105 Å². The molecule has 2 heterocycles. The summed E-state index contributed by atoms with van der Waals surface area (Å²) in [5.74, 6) is -4.19. The first-order chi connectivity index (χ1) is 25.4. The van der Waals surface area contributed by atoms with Gasteiger partial charge in [0.1, 0.15) is 11.5 Å². The maximum atomic E-state index is 11.7. The van der Waals surface area contributed by atoms with Crippen molar-refractivity contribution in [3.05, 3.63) is 75.7 Å². The molecule has 2 aromatic carbocycles. The summed E-state index contributed by atoms with van der Waals surface area (Å²) < 4.78 is 9.29. The number of aromatic nitrogens is 4. The summed E-state index contributed by atoms with van der Waals surface area (Å²) in [4.78, 5) is 87.3. The number of halogens is 1. The fraction of sp³-hybridized carbons (Fsp3) is 0.303. The number of ether oxygens (including phenoxy) is 1. The van der Waals surface area contributed by atoms with E-state index in [9.17, 15) is 33.6 Å². The first-order valence-corrected chi connectivity index (χ1v) is 15.4. The maximum absolute atomic E-state index is 11.7. The number of anilines is 2. The van der Waals surface area contributed by atoms with Crippen LogP contribution in [-0.4, -0.2) is 97.4 Å². The Morgan fingerprint density at radius 3 is 1.53 bits per heavy atom. The van der Waals surface area contributed by atoms with Crippen LogP contribution in [0, 0.1) is 0 Å². The van der Waals surface area contributed by atoms with Crippen molar-refractivity contribution in [1.29, 1.82) is 0 Å². The molecule has 25 heteroatoms. The third kappa shape index (κ3) is 23.3. The molecule has 0 aliphatic carbocycles. The Morgan fingerprint density at radius 2 is 1.19 bits per heavy atom. The third-order valence-corrected chi connectivity index (χ3v) is 6.28. The summed E-state index contributed by atoms with van der Waals surface area (Å²) in [5, 5.41) is 63.3. The Bertz CT molecular complexity index is 2050. The molecule has 22 nitrogen and oxygen atoms in total. The number of nitrogens with one attached hydrogen (secondary N) is 2. The molecule has 308 valence electrons. The zero-order valence-corrected chi connectivity index (χ0v) is 39.5. The Labute approximate surface area is 405 Å². The quantitative estimate of drug-likeness (QED) is 0.0571. The summed E-state index contributed by atoms with van der Waals surface area (Å²) in [6.45, 7) is 5.50. The first-order valence-electron chi connectivity index (χ1n) is 15.4. The number of rotatable bonds is 9. The number of aliphatic hydroxyl groups is 1. The smallest absolute Gasteiger partial charge is 1.00 e. The van der Waals surface area contributed by atoms with Crippen LogP contribution in [0.1, 0.15) is 33.6 Å². The molecule has 0 atom stereocenters. The van der Waals surface area contributed by atoms with E-state index in [-0.39, 0.29) is 127 Å². The first kappa shape index (κ1) is 60.6. The van der Waals surface area contributed by atoms with E-state index in [1.807, 2.05) is 31.2 Å². The van der Waals surface area contributed by atoms with E-state index in [4.69, 9.17) is 45.3 Å². The van der Waals surface area contributed by atoms with E-state index >= 15 is 0 Å². The summed E-state index contributed by atoms with van der Waals surface area (Å²) in [6, 6.07) is 13.6. The number of aliphatic carboxylic acids is 3. The minimum atomic E-state index is -2.74. The Morgan fingerprint density at radius 1 is 0.793 bits per heavy atom. The van der Waals surface area contributed by atoms with Crippen LogP contribution in [0.25, 0.3) is 11.2 Å². The van der Waals surface area contributed by atoms with E-state index < -0.39 is 42.5 Å². The number of phenolic OH excluding ortho intramolecular Hbond substituents is 1. The average molecular weight is 920 g/mol. The molecule has 0 aliphatic heterocycles. The second-order valence-corrected chi connectivity index (χ2v) is 10.8. The summed E-state index contributed by atoms with van der Waals surface area (Å²) in [7, 11) is 4.77. The van der Waals surface area contributed by atoms with Gasteiger partial charge < -0.3 is 77.5 Å². The van der Waals surface area contributed by atoms with E-state index in [0.717, 1.165) is 16.0 Å². The third-order valence-electron chi connectivity index (χ3n) is 6.28. The van der Waals surface area contributed by atoms with Gasteiger partial charge in [0.05, 0.1) is 25.8 Å². The Balaban J connectivity index is -0.000000320. The number of nitrogens with zero attached hydrogens (tertiary/aromatic N) is 4. The Kier molecular flexibility index (Phi) is 31.3. The molecule has 2 amide bonds. The number of aromatic hydroxyl groups is 1. The van der Waals surface area contributed by atoms with Crippen molar-refractivity contribution in [1.82, 2.24) is 18.7 Å². The number of benzene rings is 2. The number of hydrogen-bond donors (Lipinski definition) is 8. The molecule has 8 N–H and O–H groups in total. The summed E-state index contributed by atoms with van der Waals surface area (Å²) in [5.41, 5.74) is -1.08. The van der Waals surface area contributed by atoms with Crippen molar-refractivity contribution >= 4 is 58.4 Å². The number of amides is 2. The second-order valence-electron chi connectivity index (χ2n) is 10.8. The predicted octanol–water partition coefficient (Wildman–Crippen LogP) is -8.98. The molecule has 0 aliphatic rings. The van der Waals surface area contributed by atoms with E-state index in [2.05, 4.69) is 15.6 Å². The molecule has 0 saturated heterocycles. The molecule has 4 aromatic rings. The van der Waals surface area contributed by atoms with E-state index in [1.54, 1.807) is 30.8 Å². The van der Waals surface area contributed by atoms with Crippen molar-refractivity contribution in [3.63, 3.8) is 0 Å².